The average molecular weight is 387 g/mol. The lowest BCUT2D eigenvalue weighted by molar-refractivity contribution is -0.158. The van der Waals surface area contributed by atoms with E-state index >= 15 is 0 Å². The monoisotopic (exact) mass is 386 g/mol. The van der Waals surface area contributed by atoms with E-state index in [4.69, 9.17) is 14.2 Å². The first-order valence-electron chi connectivity index (χ1n) is 8.82. The van der Waals surface area contributed by atoms with E-state index in [2.05, 4.69) is 11.6 Å². The minimum Gasteiger partial charge on any atom is -0.443 e. The second-order valence-corrected chi connectivity index (χ2v) is 8.78. The molecule has 2 aliphatic heterocycles. The number of rotatable bonds is 4. The zero-order chi connectivity index (χ0) is 19.6. The van der Waals surface area contributed by atoms with Crippen LogP contribution in [0, 0.1) is 5.92 Å². The van der Waals surface area contributed by atoms with Gasteiger partial charge in [-0.2, -0.15) is 0 Å². The van der Waals surface area contributed by atoms with Crippen LogP contribution in [0.3, 0.4) is 0 Å². The zero-order valence-corrected chi connectivity index (χ0v) is 17.2. The highest BCUT2D eigenvalue weighted by molar-refractivity contribution is 8.14. The summed E-state index contributed by atoms with van der Waals surface area (Å²) in [5.74, 6) is -0.0493. The molecule has 0 aliphatic carbocycles. The Hall–Kier alpha value is -1.09. The Balaban J connectivity index is 2.18. The van der Waals surface area contributed by atoms with Gasteiger partial charge in [-0.05, 0) is 27.7 Å². The van der Waals surface area contributed by atoms with Crippen molar-refractivity contribution in [1.82, 2.24) is 4.90 Å². The molecule has 1 saturated heterocycles. The molecular formula is C18H30N2O5S. The van der Waals surface area contributed by atoms with E-state index in [-0.39, 0.29) is 29.6 Å². The van der Waals surface area contributed by atoms with Crippen LogP contribution in [0.1, 0.15) is 34.6 Å². The summed E-state index contributed by atoms with van der Waals surface area (Å²) in [6.07, 6.45) is -0.00266. The molecule has 148 valence electrons. The van der Waals surface area contributed by atoms with Crippen LogP contribution in [-0.4, -0.2) is 70.3 Å². The van der Waals surface area contributed by atoms with Gasteiger partial charge in [-0.1, -0.05) is 24.8 Å². The lowest BCUT2D eigenvalue weighted by Gasteiger charge is -2.42. The van der Waals surface area contributed by atoms with Gasteiger partial charge in [0.1, 0.15) is 17.1 Å². The van der Waals surface area contributed by atoms with Crippen molar-refractivity contribution < 1.29 is 24.1 Å². The van der Waals surface area contributed by atoms with Gasteiger partial charge < -0.3 is 19.3 Å². The van der Waals surface area contributed by atoms with Gasteiger partial charge in [-0.3, -0.25) is 9.89 Å². The quantitative estimate of drug-likeness (QED) is 0.748. The topological polar surface area (TPSA) is 80.6 Å². The molecule has 1 fully saturated rings. The van der Waals surface area contributed by atoms with Crippen LogP contribution in [0.4, 0.5) is 4.79 Å². The van der Waals surface area contributed by atoms with Crippen LogP contribution in [0.25, 0.3) is 0 Å². The van der Waals surface area contributed by atoms with Gasteiger partial charge in [0.05, 0.1) is 24.9 Å². The fraction of sp³-hybridized carbons (Fsp3) is 0.778. The van der Waals surface area contributed by atoms with Gasteiger partial charge in [-0.15, -0.1) is 6.58 Å². The Morgan fingerprint density at radius 3 is 2.73 bits per heavy atom. The highest BCUT2D eigenvalue weighted by Gasteiger charge is 2.50. The van der Waals surface area contributed by atoms with Gasteiger partial charge in [0.15, 0.2) is 5.17 Å². The maximum Gasteiger partial charge on any atom is 0.416 e. The van der Waals surface area contributed by atoms with Crippen molar-refractivity contribution in [2.75, 3.05) is 13.7 Å². The smallest absolute Gasteiger partial charge is 0.416 e. The van der Waals surface area contributed by atoms with Crippen molar-refractivity contribution in [3.05, 3.63) is 12.7 Å². The number of carbonyl (C=O) groups is 1. The summed E-state index contributed by atoms with van der Waals surface area (Å²) in [4.78, 5) is 18.4. The molecule has 0 aromatic carbocycles. The van der Waals surface area contributed by atoms with E-state index in [1.165, 1.54) is 16.7 Å². The van der Waals surface area contributed by atoms with Crippen molar-refractivity contribution in [1.29, 1.82) is 0 Å². The Kier molecular flexibility index (Phi) is 6.76. The molecule has 2 aliphatic rings. The minimum atomic E-state index is -0.631. The summed E-state index contributed by atoms with van der Waals surface area (Å²) in [6, 6.07) is -0.259. The number of aliphatic hydroxyl groups is 1. The Morgan fingerprint density at radius 2 is 2.19 bits per heavy atom. The molecule has 0 aromatic rings. The summed E-state index contributed by atoms with van der Waals surface area (Å²) in [5, 5.41) is 10.6. The molecule has 2 rings (SSSR count). The van der Waals surface area contributed by atoms with Crippen LogP contribution in [0.2, 0.25) is 0 Å². The predicted octanol–water partition coefficient (Wildman–Crippen LogP) is 2.64. The second kappa shape index (κ2) is 8.29. The van der Waals surface area contributed by atoms with E-state index in [0.717, 1.165) is 0 Å². The molecule has 0 saturated carbocycles. The van der Waals surface area contributed by atoms with Crippen LogP contribution >= 0.6 is 11.8 Å². The maximum absolute atomic E-state index is 12.3. The third kappa shape index (κ3) is 4.79. The van der Waals surface area contributed by atoms with Gasteiger partial charge in [0.25, 0.3) is 0 Å². The van der Waals surface area contributed by atoms with Gasteiger partial charge >= 0.3 is 6.09 Å². The lowest BCUT2D eigenvalue weighted by Crippen LogP contribution is -2.54. The van der Waals surface area contributed by atoms with E-state index in [1.807, 2.05) is 27.7 Å². The van der Waals surface area contributed by atoms with Crippen LogP contribution in [0.15, 0.2) is 17.6 Å². The third-order valence-corrected chi connectivity index (χ3v) is 5.47. The molecule has 1 amide bonds. The first kappa shape index (κ1) is 21.2. The van der Waals surface area contributed by atoms with Crippen molar-refractivity contribution in [2.24, 2.45) is 10.9 Å². The maximum atomic E-state index is 12.3. The van der Waals surface area contributed by atoms with Crippen LogP contribution in [0.5, 0.6) is 0 Å². The Morgan fingerprint density at radius 1 is 1.54 bits per heavy atom. The fourth-order valence-electron chi connectivity index (χ4n) is 3.06. The average Bonchev–Trinajstić information content (AvgIpc) is 2.94. The van der Waals surface area contributed by atoms with Gasteiger partial charge in [-0.25, -0.2) is 4.79 Å². The fourth-order valence-corrected chi connectivity index (χ4v) is 4.22. The number of aliphatic hydroxyl groups excluding tert-OH is 1. The Labute approximate surface area is 159 Å². The lowest BCUT2D eigenvalue weighted by atomic mass is 9.87. The van der Waals surface area contributed by atoms with E-state index in [9.17, 15) is 9.90 Å². The summed E-state index contributed by atoms with van der Waals surface area (Å²) in [7, 11) is 1.63. The molecule has 1 N–H and O–H groups in total. The number of thioether (sulfide) groups is 1. The third-order valence-electron chi connectivity index (χ3n) is 4.26. The Bertz CT molecular complexity index is 560. The molecule has 8 heteroatoms. The molecule has 7 nitrogen and oxygen atoms in total. The number of fused-ring (bicyclic) bond motifs is 1. The summed E-state index contributed by atoms with van der Waals surface area (Å²) in [5.41, 5.74) is -0.902. The number of carbonyl (C=O) groups excluding carboxylic acids is 1. The normalized spacial score (nSPS) is 32.4. The van der Waals surface area contributed by atoms with Crippen molar-refractivity contribution in [3.63, 3.8) is 0 Å². The number of aliphatic imine (C=N–C) groups is 1. The second-order valence-electron chi connectivity index (χ2n) is 7.71. The number of ether oxygens (including phenoxy) is 3. The van der Waals surface area contributed by atoms with Crippen molar-refractivity contribution in [3.8, 4) is 0 Å². The van der Waals surface area contributed by atoms with Crippen LogP contribution < -0.4 is 0 Å². The molecule has 1 unspecified atom stereocenters. The summed E-state index contributed by atoms with van der Waals surface area (Å²) in [6.45, 7) is 13.2. The molecule has 2 heterocycles. The SMILES string of the molecule is C=CCO[C@H]1[C@H](C)[C@@H](C(C)O)O[C@@H]2SC(N(C)C(=O)OC(C)(C)C)=N[C@H]12. The van der Waals surface area contributed by atoms with E-state index in [0.29, 0.717) is 11.8 Å². The first-order chi connectivity index (χ1) is 12.0. The highest BCUT2D eigenvalue weighted by Crippen LogP contribution is 2.41. The molecule has 26 heavy (non-hydrogen) atoms. The first-order valence-corrected chi connectivity index (χ1v) is 9.70. The minimum absolute atomic E-state index is 0.0493. The van der Waals surface area contributed by atoms with Crippen molar-refractivity contribution >= 4 is 23.0 Å². The van der Waals surface area contributed by atoms with Crippen LogP contribution in [-0.2, 0) is 14.2 Å². The van der Waals surface area contributed by atoms with Gasteiger partial charge in [0.2, 0.25) is 0 Å². The molecule has 0 aromatic heterocycles. The summed E-state index contributed by atoms with van der Waals surface area (Å²) >= 11 is 1.35. The van der Waals surface area contributed by atoms with E-state index in [1.54, 1.807) is 20.0 Å². The van der Waals surface area contributed by atoms with Gasteiger partial charge in [0, 0.05) is 13.0 Å². The molecule has 0 spiro atoms. The van der Waals surface area contributed by atoms with Crippen molar-refractivity contribution in [2.45, 2.75) is 70.0 Å². The summed E-state index contributed by atoms with van der Waals surface area (Å²) < 4.78 is 17.4. The number of nitrogens with zero attached hydrogens (tertiary/aromatic N) is 2. The molecule has 0 radical (unpaired) electrons. The number of hydrogen-bond acceptors (Lipinski definition) is 7. The number of hydrogen-bond donors (Lipinski definition) is 1. The van der Waals surface area contributed by atoms with E-state index < -0.39 is 17.8 Å². The predicted molar refractivity (Wildman–Crippen MR) is 102 cm³/mol. The number of amides is 1. The molecule has 0 bridgehead atoms. The molecule has 6 atom stereocenters. The molecular weight excluding hydrogens is 356 g/mol. The number of amidine groups is 1. The zero-order valence-electron chi connectivity index (χ0n) is 16.3. The highest BCUT2D eigenvalue weighted by atomic mass is 32.2. The standard InChI is InChI=1S/C18H30N2O5S/c1-8-9-23-14-10(2)13(11(3)21)24-15-12(14)19-16(26-15)20(7)17(22)25-18(4,5)6/h8,10-15,21H,1,9H2,2-7H3/t10-,11?,12-,13+,14+,15-/m1/s1. The largest absolute Gasteiger partial charge is 0.443 e.